The normalized spacial score (nSPS) is 10.3. The second-order valence-electron chi connectivity index (χ2n) is 3.85. The summed E-state index contributed by atoms with van der Waals surface area (Å²) in [6, 6.07) is 1.82. The number of nitrogens with one attached hydrogen (secondary N) is 2. The van der Waals surface area contributed by atoms with Crippen LogP contribution in [0.3, 0.4) is 0 Å². The quantitative estimate of drug-likeness (QED) is 0.733. The summed E-state index contributed by atoms with van der Waals surface area (Å²) in [6.45, 7) is 4.96. The topological polar surface area (TPSA) is 49.8 Å². The summed E-state index contributed by atoms with van der Waals surface area (Å²) < 4.78 is 12.1. The van der Waals surface area contributed by atoms with Gasteiger partial charge in [-0.1, -0.05) is 13.8 Å². The Hall–Kier alpha value is -1.39. The maximum atomic E-state index is 12.1. The standard InChI is InChI=1S/C12H21FN4/c1-3-5-10-16-11(14-7-4-2)9-12(17-10)15-8-6-13/h9H,3-8H2,1-2H3,(H2,14,15,16,17). The molecule has 0 saturated carbocycles. The van der Waals surface area contributed by atoms with Gasteiger partial charge in [-0.25, -0.2) is 14.4 Å². The Balaban J connectivity index is 2.76. The molecule has 2 N–H and O–H groups in total. The van der Waals surface area contributed by atoms with Crippen LogP contribution in [-0.4, -0.2) is 29.7 Å². The highest BCUT2D eigenvalue weighted by molar-refractivity contribution is 5.47. The lowest BCUT2D eigenvalue weighted by atomic mass is 10.3. The second kappa shape index (κ2) is 7.81. The van der Waals surface area contributed by atoms with E-state index in [-0.39, 0.29) is 6.54 Å². The van der Waals surface area contributed by atoms with Crippen molar-refractivity contribution in [2.24, 2.45) is 0 Å². The van der Waals surface area contributed by atoms with Crippen LogP contribution in [0.15, 0.2) is 6.07 Å². The summed E-state index contributed by atoms with van der Waals surface area (Å²) in [4.78, 5) is 8.75. The van der Waals surface area contributed by atoms with Gasteiger partial charge in [0.25, 0.3) is 0 Å². The number of hydrogen-bond acceptors (Lipinski definition) is 4. The highest BCUT2D eigenvalue weighted by Crippen LogP contribution is 2.12. The van der Waals surface area contributed by atoms with Gasteiger partial charge in [-0.3, -0.25) is 0 Å². The van der Waals surface area contributed by atoms with Gasteiger partial charge in [-0.15, -0.1) is 0 Å². The van der Waals surface area contributed by atoms with Crippen molar-refractivity contribution in [3.63, 3.8) is 0 Å². The highest BCUT2D eigenvalue weighted by atomic mass is 19.1. The van der Waals surface area contributed by atoms with Gasteiger partial charge in [-0.2, -0.15) is 0 Å². The number of aromatic nitrogens is 2. The fraction of sp³-hybridized carbons (Fsp3) is 0.667. The third-order valence-corrected chi connectivity index (χ3v) is 2.20. The van der Waals surface area contributed by atoms with E-state index in [1.165, 1.54) is 0 Å². The third-order valence-electron chi connectivity index (χ3n) is 2.20. The number of rotatable bonds is 8. The summed E-state index contributed by atoms with van der Waals surface area (Å²) >= 11 is 0. The van der Waals surface area contributed by atoms with E-state index in [4.69, 9.17) is 0 Å². The molecule has 0 saturated heterocycles. The predicted molar refractivity (Wildman–Crippen MR) is 69.3 cm³/mol. The summed E-state index contributed by atoms with van der Waals surface area (Å²) in [5, 5.41) is 6.17. The second-order valence-corrected chi connectivity index (χ2v) is 3.85. The van der Waals surface area contributed by atoms with Crippen LogP contribution in [0.2, 0.25) is 0 Å². The largest absolute Gasteiger partial charge is 0.370 e. The molecule has 5 heteroatoms. The number of aryl methyl sites for hydroxylation is 1. The maximum absolute atomic E-state index is 12.1. The number of hydrogen-bond donors (Lipinski definition) is 2. The predicted octanol–water partition coefficient (Wildman–Crippen LogP) is 2.63. The molecule has 1 aromatic rings. The van der Waals surface area contributed by atoms with E-state index in [1.54, 1.807) is 0 Å². The Bertz CT molecular complexity index is 304. The Kier molecular flexibility index (Phi) is 6.29. The SMILES string of the molecule is CCCNc1cc(NCCF)nc(CCC)n1. The molecule has 4 nitrogen and oxygen atoms in total. The Morgan fingerprint density at radius 2 is 1.71 bits per heavy atom. The highest BCUT2D eigenvalue weighted by Gasteiger charge is 2.03. The van der Waals surface area contributed by atoms with Crippen molar-refractivity contribution in [1.29, 1.82) is 0 Å². The molecule has 0 amide bonds. The molecular formula is C12H21FN4. The fourth-order valence-corrected chi connectivity index (χ4v) is 1.44. The zero-order valence-corrected chi connectivity index (χ0v) is 10.6. The van der Waals surface area contributed by atoms with E-state index in [0.29, 0.717) is 5.82 Å². The van der Waals surface area contributed by atoms with Crippen LogP contribution in [-0.2, 0) is 6.42 Å². The molecule has 1 aromatic heterocycles. The summed E-state index contributed by atoms with van der Waals surface area (Å²) in [5.41, 5.74) is 0. The molecule has 0 bridgehead atoms. The zero-order chi connectivity index (χ0) is 12.5. The Morgan fingerprint density at radius 1 is 1.06 bits per heavy atom. The molecular weight excluding hydrogens is 219 g/mol. The molecule has 0 unspecified atom stereocenters. The molecule has 0 aromatic carbocycles. The molecule has 0 spiro atoms. The van der Waals surface area contributed by atoms with Gasteiger partial charge in [0.15, 0.2) is 0 Å². The van der Waals surface area contributed by atoms with Crippen LogP contribution >= 0.6 is 0 Å². The molecule has 17 heavy (non-hydrogen) atoms. The van der Waals surface area contributed by atoms with Gasteiger partial charge in [-0.05, 0) is 12.8 Å². The van der Waals surface area contributed by atoms with Gasteiger partial charge in [0, 0.05) is 25.6 Å². The lowest BCUT2D eigenvalue weighted by Gasteiger charge is -2.09. The third kappa shape index (κ3) is 4.97. The average molecular weight is 240 g/mol. The van der Waals surface area contributed by atoms with Gasteiger partial charge in [0.2, 0.25) is 0 Å². The first-order chi connectivity index (χ1) is 8.30. The first kappa shape index (κ1) is 13.7. The van der Waals surface area contributed by atoms with E-state index < -0.39 is 6.67 Å². The molecule has 0 radical (unpaired) electrons. The first-order valence-electron chi connectivity index (χ1n) is 6.21. The van der Waals surface area contributed by atoms with E-state index in [2.05, 4.69) is 34.4 Å². The minimum atomic E-state index is -0.398. The zero-order valence-electron chi connectivity index (χ0n) is 10.6. The molecule has 0 fully saturated rings. The average Bonchev–Trinajstić information content (AvgIpc) is 2.34. The van der Waals surface area contributed by atoms with E-state index >= 15 is 0 Å². The summed E-state index contributed by atoms with van der Waals surface area (Å²) in [5.74, 6) is 2.31. The van der Waals surface area contributed by atoms with Crippen LogP contribution in [0.4, 0.5) is 16.0 Å². The number of halogens is 1. The van der Waals surface area contributed by atoms with Crippen LogP contribution < -0.4 is 10.6 Å². The molecule has 0 atom stereocenters. The van der Waals surface area contributed by atoms with Crippen molar-refractivity contribution >= 4 is 11.6 Å². The van der Waals surface area contributed by atoms with Crippen molar-refractivity contribution in [2.75, 3.05) is 30.4 Å². The molecule has 1 rings (SSSR count). The molecule has 0 aliphatic rings. The molecule has 1 heterocycles. The lowest BCUT2D eigenvalue weighted by molar-refractivity contribution is 0.512. The van der Waals surface area contributed by atoms with Crippen molar-refractivity contribution in [3.8, 4) is 0 Å². The number of alkyl halides is 1. The smallest absolute Gasteiger partial charge is 0.133 e. The van der Waals surface area contributed by atoms with Crippen LogP contribution in [0.1, 0.15) is 32.5 Å². The van der Waals surface area contributed by atoms with E-state index in [0.717, 1.165) is 37.4 Å². The van der Waals surface area contributed by atoms with E-state index in [9.17, 15) is 4.39 Å². The lowest BCUT2D eigenvalue weighted by Crippen LogP contribution is -2.10. The Labute approximate surface area is 102 Å². The van der Waals surface area contributed by atoms with Crippen molar-refractivity contribution in [3.05, 3.63) is 11.9 Å². The van der Waals surface area contributed by atoms with Crippen LogP contribution in [0.5, 0.6) is 0 Å². The van der Waals surface area contributed by atoms with Crippen LogP contribution in [0.25, 0.3) is 0 Å². The monoisotopic (exact) mass is 240 g/mol. The van der Waals surface area contributed by atoms with Gasteiger partial charge in [0.1, 0.15) is 24.1 Å². The minimum Gasteiger partial charge on any atom is -0.370 e. The van der Waals surface area contributed by atoms with E-state index in [1.807, 2.05) is 6.07 Å². The van der Waals surface area contributed by atoms with Gasteiger partial charge < -0.3 is 10.6 Å². The molecule has 0 aliphatic heterocycles. The number of nitrogens with zero attached hydrogens (tertiary/aromatic N) is 2. The molecule has 96 valence electrons. The first-order valence-corrected chi connectivity index (χ1v) is 6.21. The fourth-order valence-electron chi connectivity index (χ4n) is 1.44. The Morgan fingerprint density at radius 3 is 2.24 bits per heavy atom. The van der Waals surface area contributed by atoms with Crippen molar-refractivity contribution < 1.29 is 4.39 Å². The maximum Gasteiger partial charge on any atom is 0.133 e. The van der Waals surface area contributed by atoms with Crippen molar-refractivity contribution in [2.45, 2.75) is 33.1 Å². The summed E-state index contributed by atoms with van der Waals surface area (Å²) in [7, 11) is 0. The summed E-state index contributed by atoms with van der Waals surface area (Å²) in [6.07, 6.45) is 2.88. The van der Waals surface area contributed by atoms with Crippen molar-refractivity contribution in [1.82, 2.24) is 9.97 Å². The minimum absolute atomic E-state index is 0.287. The molecule has 0 aliphatic carbocycles. The van der Waals surface area contributed by atoms with Crippen LogP contribution in [0, 0.1) is 0 Å². The van der Waals surface area contributed by atoms with Gasteiger partial charge in [0.05, 0.1) is 0 Å². The number of anilines is 2. The van der Waals surface area contributed by atoms with Gasteiger partial charge >= 0.3 is 0 Å².